The fourth-order valence-corrected chi connectivity index (χ4v) is 2.29. The molecule has 1 rings (SSSR count). The van der Waals surface area contributed by atoms with Crippen molar-refractivity contribution in [1.29, 1.82) is 0 Å². The lowest BCUT2D eigenvalue weighted by molar-refractivity contribution is -0.108. The molecule has 0 N–H and O–H groups in total. The van der Waals surface area contributed by atoms with E-state index < -0.39 is 0 Å². The summed E-state index contributed by atoms with van der Waals surface area (Å²) in [7, 11) is 1.51. The van der Waals surface area contributed by atoms with Crippen molar-refractivity contribution in [2.24, 2.45) is 0 Å². The molecular formula is C12H14BrFO2. The Kier molecular flexibility index (Phi) is 4.47. The van der Waals surface area contributed by atoms with Gasteiger partial charge in [-0.25, -0.2) is 4.39 Å². The van der Waals surface area contributed by atoms with Crippen LogP contribution >= 0.6 is 15.9 Å². The van der Waals surface area contributed by atoms with Crippen LogP contribution in [0.2, 0.25) is 0 Å². The molecule has 0 radical (unpaired) electrons. The average Bonchev–Trinajstić information content (AvgIpc) is 2.23. The lowest BCUT2D eigenvalue weighted by Gasteiger charge is -2.17. The zero-order valence-electron chi connectivity index (χ0n) is 9.51. The van der Waals surface area contributed by atoms with Crippen molar-refractivity contribution in [2.45, 2.75) is 26.2 Å². The fourth-order valence-electron chi connectivity index (χ4n) is 1.73. The molecule has 0 aliphatic carbocycles. The van der Waals surface area contributed by atoms with E-state index in [1.54, 1.807) is 13.0 Å². The Labute approximate surface area is 103 Å². The minimum absolute atomic E-state index is 0.191. The number of aryl methyl sites for hydroxylation is 1. The maximum atomic E-state index is 14.0. The van der Waals surface area contributed by atoms with Crippen molar-refractivity contribution in [2.75, 3.05) is 7.11 Å². The number of hydrogen-bond acceptors (Lipinski definition) is 2. The van der Waals surface area contributed by atoms with Crippen molar-refractivity contribution in [1.82, 2.24) is 0 Å². The van der Waals surface area contributed by atoms with Gasteiger partial charge in [-0.05, 0) is 40.4 Å². The third-order valence-corrected chi connectivity index (χ3v) is 3.12. The topological polar surface area (TPSA) is 26.3 Å². The Hall–Kier alpha value is -0.900. The second kappa shape index (κ2) is 5.43. The number of carbonyl (C=O) groups is 1. The van der Waals surface area contributed by atoms with E-state index >= 15 is 0 Å². The van der Waals surface area contributed by atoms with Crippen LogP contribution in [0.25, 0.3) is 0 Å². The van der Waals surface area contributed by atoms with Crippen LogP contribution in [0.15, 0.2) is 10.5 Å². The Bertz CT molecular complexity index is 404. The van der Waals surface area contributed by atoms with Gasteiger partial charge in [0.1, 0.15) is 17.9 Å². The van der Waals surface area contributed by atoms with E-state index in [0.29, 0.717) is 15.8 Å². The van der Waals surface area contributed by atoms with Crippen LogP contribution in [0.1, 0.15) is 30.4 Å². The standard InChI is InChI=1S/C12H14BrFO2/c1-7(4-5-15)10-11(14)9(13)6-8(2)12(10)16-3/h5-7H,4H2,1-3H3. The van der Waals surface area contributed by atoms with Gasteiger partial charge in [-0.2, -0.15) is 0 Å². The van der Waals surface area contributed by atoms with Crippen LogP contribution in [0.3, 0.4) is 0 Å². The van der Waals surface area contributed by atoms with Crippen LogP contribution in [0.4, 0.5) is 4.39 Å². The van der Waals surface area contributed by atoms with E-state index in [0.717, 1.165) is 11.8 Å². The maximum absolute atomic E-state index is 14.0. The van der Waals surface area contributed by atoms with Crippen LogP contribution < -0.4 is 4.74 Å². The van der Waals surface area contributed by atoms with Gasteiger partial charge in [0, 0.05) is 12.0 Å². The van der Waals surface area contributed by atoms with Crippen LogP contribution in [-0.4, -0.2) is 13.4 Å². The van der Waals surface area contributed by atoms with Crippen molar-refractivity contribution in [3.05, 3.63) is 27.5 Å². The number of benzene rings is 1. The molecule has 2 nitrogen and oxygen atoms in total. The Morgan fingerprint density at radius 2 is 2.25 bits per heavy atom. The molecule has 0 fully saturated rings. The molecule has 0 saturated heterocycles. The highest BCUT2D eigenvalue weighted by Gasteiger charge is 2.20. The second-order valence-corrected chi connectivity index (χ2v) is 4.59. The fraction of sp³-hybridized carbons (Fsp3) is 0.417. The first kappa shape index (κ1) is 13.2. The van der Waals surface area contributed by atoms with Gasteiger partial charge in [-0.15, -0.1) is 0 Å². The second-order valence-electron chi connectivity index (χ2n) is 3.74. The van der Waals surface area contributed by atoms with E-state index in [1.807, 2.05) is 6.92 Å². The van der Waals surface area contributed by atoms with Crippen molar-refractivity contribution < 1.29 is 13.9 Å². The molecule has 1 aromatic carbocycles. The largest absolute Gasteiger partial charge is 0.496 e. The Morgan fingerprint density at radius 3 is 2.75 bits per heavy atom. The first-order chi connectivity index (χ1) is 7.52. The summed E-state index contributed by atoms with van der Waals surface area (Å²) in [6.07, 6.45) is 1.07. The summed E-state index contributed by atoms with van der Waals surface area (Å²) < 4.78 is 19.6. The quantitative estimate of drug-likeness (QED) is 0.792. The van der Waals surface area contributed by atoms with E-state index in [-0.39, 0.29) is 18.2 Å². The maximum Gasteiger partial charge on any atom is 0.144 e. The Balaban J connectivity index is 3.37. The van der Waals surface area contributed by atoms with Crippen molar-refractivity contribution in [3.63, 3.8) is 0 Å². The summed E-state index contributed by atoms with van der Waals surface area (Å²) in [5.74, 6) is -0.0181. The number of carbonyl (C=O) groups excluding carboxylic acids is 1. The van der Waals surface area contributed by atoms with E-state index in [2.05, 4.69) is 15.9 Å². The van der Waals surface area contributed by atoms with Gasteiger partial charge in [0.05, 0.1) is 11.6 Å². The molecule has 88 valence electrons. The molecule has 16 heavy (non-hydrogen) atoms. The molecule has 4 heteroatoms. The number of aldehydes is 1. The summed E-state index contributed by atoms with van der Waals surface area (Å²) >= 11 is 3.16. The number of halogens is 2. The highest BCUT2D eigenvalue weighted by Crippen LogP contribution is 2.37. The van der Waals surface area contributed by atoms with Gasteiger partial charge in [-0.3, -0.25) is 0 Å². The Morgan fingerprint density at radius 1 is 1.62 bits per heavy atom. The molecule has 1 atom stereocenters. The summed E-state index contributed by atoms with van der Waals surface area (Å²) in [6, 6.07) is 1.67. The first-order valence-electron chi connectivity index (χ1n) is 4.99. The normalized spacial score (nSPS) is 12.3. The van der Waals surface area contributed by atoms with Crippen LogP contribution in [0, 0.1) is 12.7 Å². The first-order valence-corrected chi connectivity index (χ1v) is 5.78. The van der Waals surface area contributed by atoms with E-state index in [4.69, 9.17) is 4.74 Å². The van der Waals surface area contributed by atoms with Gasteiger partial charge < -0.3 is 9.53 Å². The molecule has 0 aromatic heterocycles. The predicted octanol–water partition coefficient (Wildman–Crippen LogP) is 3.60. The lowest BCUT2D eigenvalue weighted by Crippen LogP contribution is -2.04. The van der Waals surface area contributed by atoms with Gasteiger partial charge in [-0.1, -0.05) is 6.92 Å². The monoisotopic (exact) mass is 288 g/mol. The lowest BCUT2D eigenvalue weighted by atomic mass is 9.95. The van der Waals surface area contributed by atoms with Crippen molar-refractivity contribution in [3.8, 4) is 5.75 Å². The molecule has 0 aliphatic heterocycles. The van der Waals surface area contributed by atoms with Crippen molar-refractivity contribution >= 4 is 22.2 Å². The highest BCUT2D eigenvalue weighted by atomic mass is 79.9. The summed E-state index contributed by atoms with van der Waals surface area (Å²) in [5.41, 5.74) is 1.31. The molecule has 0 aliphatic rings. The molecule has 0 saturated carbocycles. The molecule has 1 aromatic rings. The number of ether oxygens (including phenoxy) is 1. The zero-order valence-corrected chi connectivity index (χ0v) is 11.1. The van der Waals surface area contributed by atoms with Gasteiger partial charge in [0.2, 0.25) is 0 Å². The molecule has 0 bridgehead atoms. The van der Waals surface area contributed by atoms with Crippen LogP contribution in [-0.2, 0) is 4.79 Å². The molecule has 1 unspecified atom stereocenters. The third kappa shape index (κ3) is 2.43. The number of methoxy groups -OCH3 is 1. The number of hydrogen-bond donors (Lipinski definition) is 0. The minimum atomic E-state index is -0.350. The van der Waals surface area contributed by atoms with E-state index in [9.17, 15) is 9.18 Å². The van der Waals surface area contributed by atoms with Gasteiger partial charge in [0.15, 0.2) is 0 Å². The summed E-state index contributed by atoms with van der Waals surface area (Å²) in [6.45, 7) is 3.65. The predicted molar refractivity (Wildman–Crippen MR) is 64.5 cm³/mol. The molecule has 0 spiro atoms. The SMILES string of the molecule is COc1c(C)cc(Br)c(F)c1C(C)CC=O. The zero-order chi connectivity index (χ0) is 12.3. The molecular weight excluding hydrogens is 275 g/mol. The highest BCUT2D eigenvalue weighted by molar-refractivity contribution is 9.10. The van der Waals surface area contributed by atoms with Crippen LogP contribution in [0.5, 0.6) is 5.75 Å². The molecule has 0 heterocycles. The number of rotatable bonds is 4. The average molecular weight is 289 g/mol. The molecule has 0 amide bonds. The van der Waals surface area contributed by atoms with Gasteiger partial charge >= 0.3 is 0 Å². The summed E-state index contributed by atoms with van der Waals surface area (Å²) in [4.78, 5) is 10.5. The third-order valence-electron chi connectivity index (χ3n) is 2.54. The van der Waals surface area contributed by atoms with E-state index in [1.165, 1.54) is 7.11 Å². The van der Waals surface area contributed by atoms with Gasteiger partial charge in [0.25, 0.3) is 0 Å². The smallest absolute Gasteiger partial charge is 0.144 e. The minimum Gasteiger partial charge on any atom is -0.496 e. The summed E-state index contributed by atoms with van der Waals surface area (Å²) in [5, 5.41) is 0.